The highest BCUT2D eigenvalue weighted by atomic mass is 19.3. The van der Waals surface area contributed by atoms with Gasteiger partial charge in [-0.15, -0.1) is 0 Å². The molecular formula is C11H15F2NO3. The van der Waals surface area contributed by atoms with Crippen LogP contribution in [0.15, 0.2) is 0 Å². The number of ether oxygens (including phenoxy) is 1. The molecule has 0 spiro atoms. The van der Waals surface area contributed by atoms with Crippen molar-refractivity contribution in [2.75, 3.05) is 13.1 Å². The number of amides is 1. The normalized spacial score (nSPS) is 27.7. The van der Waals surface area contributed by atoms with Crippen molar-refractivity contribution in [2.45, 2.75) is 38.2 Å². The van der Waals surface area contributed by atoms with Gasteiger partial charge in [0, 0.05) is 26.4 Å². The molecule has 96 valence electrons. The predicted molar refractivity (Wildman–Crippen MR) is 54.4 cm³/mol. The minimum Gasteiger partial charge on any atom is -0.452 e. The Kier molecular flexibility index (Phi) is 3.05. The van der Waals surface area contributed by atoms with Crippen molar-refractivity contribution in [3.05, 3.63) is 0 Å². The van der Waals surface area contributed by atoms with Gasteiger partial charge in [-0.3, -0.25) is 9.59 Å². The van der Waals surface area contributed by atoms with Gasteiger partial charge in [-0.05, 0) is 12.8 Å². The molecule has 2 atom stereocenters. The highest BCUT2D eigenvalue weighted by Crippen LogP contribution is 2.51. The zero-order valence-electron chi connectivity index (χ0n) is 9.62. The number of hydrogen-bond acceptors (Lipinski definition) is 3. The van der Waals surface area contributed by atoms with Crippen LogP contribution in [0, 0.1) is 5.92 Å². The third-order valence-electron chi connectivity index (χ3n) is 3.19. The molecule has 6 heteroatoms. The van der Waals surface area contributed by atoms with Gasteiger partial charge >= 0.3 is 5.97 Å². The van der Waals surface area contributed by atoms with Crippen LogP contribution in [0.25, 0.3) is 0 Å². The molecular weight excluding hydrogens is 232 g/mol. The molecule has 2 fully saturated rings. The van der Waals surface area contributed by atoms with Crippen molar-refractivity contribution < 1.29 is 23.1 Å². The van der Waals surface area contributed by atoms with Crippen LogP contribution in [0.5, 0.6) is 0 Å². The lowest BCUT2D eigenvalue weighted by Crippen LogP contribution is -2.41. The van der Waals surface area contributed by atoms with E-state index in [4.69, 9.17) is 4.74 Å². The van der Waals surface area contributed by atoms with E-state index in [0.29, 0.717) is 13.1 Å². The summed E-state index contributed by atoms with van der Waals surface area (Å²) in [5.41, 5.74) is 0. The smallest absolute Gasteiger partial charge is 0.303 e. The van der Waals surface area contributed by atoms with Gasteiger partial charge in [-0.1, -0.05) is 0 Å². The lowest BCUT2D eigenvalue weighted by Gasteiger charge is -2.22. The van der Waals surface area contributed by atoms with Gasteiger partial charge in [0.1, 0.15) is 0 Å². The molecule has 1 aliphatic carbocycles. The Hall–Kier alpha value is -1.20. The summed E-state index contributed by atoms with van der Waals surface area (Å²) < 4.78 is 30.7. The van der Waals surface area contributed by atoms with Crippen molar-refractivity contribution in [3.63, 3.8) is 0 Å². The van der Waals surface area contributed by atoms with E-state index in [9.17, 15) is 18.4 Å². The maximum atomic E-state index is 13.0. The highest BCUT2D eigenvalue weighted by molar-refractivity contribution is 5.84. The van der Waals surface area contributed by atoms with E-state index in [0.717, 1.165) is 19.8 Å². The molecule has 1 heterocycles. The second-order valence-electron chi connectivity index (χ2n) is 4.63. The fraction of sp³-hybridized carbons (Fsp3) is 0.818. The first-order valence-electron chi connectivity index (χ1n) is 5.75. The molecule has 0 aromatic carbocycles. The Bertz CT molecular complexity index is 340. The molecule has 2 unspecified atom stereocenters. The number of alkyl halides is 2. The van der Waals surface area contributed by atoms with Crippen LogP contribution in [-0.4, -0.2) is 41.9 Å². The van der Waals surface area contributed by atoms with E-state index in [1.54, 1.807) is 0 Å². The number of rotatable bonds is 3. The molecule has 0 aromatic rings. The first-order chi connectivity index (χ1) is 7.92. The Labute approximate surface area is 97.9 Å². The highest BCUT2D eigenvalue weighted by Gasteiger charge is 2.64. The molecule has 1 saturated heterocycles. The number of likely N-dealkylation sites (tertiary alicyclic amines) is 1. The summed E-state index contributed by atoms with van der Waals surface area (Å²) >= 11 is 0. The summed E-state index contributed by atoms with van der Waals surface area (Å²) in [6, 6.07) is 0. The standard InChI is InChI=1S/C11H15F2NO3/c1-7(15)17-9(8-6-11(8,12)13)10(16)14-4-2-3-5-14/h8-9H,2-6H2,1H3. The minimum atomic E-state index is -2.87. The quantitative estimate of drug-likeness (QED) is 0.704. The van der Waals surface area contributed by atoms with Crippen molar-refractivity contribution >= 4 is 11.9 Å². The third kappa shape index (κ3) is 2.56. The van der Waals surface area contributed by atoms with Crippen molar-refractivity contribution in [1.29, 1.82) is 0 Å². The summed E-state index contributed by atoms with van der Waals surface area (Å²) in [6.45, 7) is 2.26. The van der Waals surface area contributed by atoms with E-state index < -0.39 is 29.8 Å². The largest absolute Gasteiger partial charge is 0.452 e. The van der Waals surface area contributed by atoms with Gasteiger partial charge < -0.3 is 9.64 Å². The van der Waals surface area contributed by atoms with E-state index in [1.807, 2.05) is 0 Å². The molecule has 1 amide bonds. The molecule has 0 bridgehead atoms. The number of esters is 1. The Morgan fingerprint density at radius 1 is 1.35 bits per heavy atom. The summed E-state index contributed by atoms with van der Waals surface area (Å²) in [6.07, 6.45) is 0.0737. The SMILES string of the molecule is CC(=O)OC(C(=O)N1CCCC1)C1CC1(F)F. The summed E-state index contributed by atoms with van der Waals surface area (Å²) in [7, 11) is 0. The first kappa shape index (κ1) is 12.3. The van der Waals surface area contributed by atoms with Crippen LogP contribution in [0.4, 0.5) is 8.78 Å². The van der Waals surface area contributed by atoms with Crippen LogP contribution in [0.1, 0.15) is 26.2 Å². The number of halogens is 2. The van der Waals surface area contributed by atoms with Gasteiger partial charge in [0.15, 0.2) is 6.10 Å². The van der Waals surface area contributed by atoms with Gasteiger partial charge in [0.2, 0.25) is 0 Å². The fourth-order valence-corrected chi connectivity index (χ4v) is 2.16. The Morgan fingerprint density at radius 3 is 2.29 bits per heavy atom. The molecule has 2 rings (SSSR count). The predicted octanol–water partition coefficient (Wildman–Crippen LogP) is 1.20. The minimum absolute atomic E-state index is 0.371. The molecule has 17 heavy (non-hydrogen) atoms. The molecule has 0 radical (unpaired) electrons. The Morgan fingerprint density at radius 2 is 1.88 bits per heavy atom. The van der Waals surface area contributed by atoms with Crippen LogP contribution >= 0.6 is 0 Å². The van der Waals surface area contributed by atoms with Crippen molar-refractivity contribution in [2.24, 2.45) is 5.92 Å². The maximum Gasteiger partial charge on any atom is 0.303 e. The zero-order valence-corrected chi connectivity index (χ0v) is 9.62. The first-order valence-corrected chi connectivity index (χ1v) is 5.75. The Balaban J connectivity index is 2.04. The summed E-state index contributed by atoms with van der Waals surface area (Å²) in [4.78, 5) is 24.3. The second-order valence-corrected chi connectivity index (χ2v) is 4.63. The topological polar surface area (TPSA) is 46.6 Å². The van der Waals surface area contributed by atoms with Gasteiger partial charge in [0.25, 0.3) is 11.8 Å². The number of carbonyl (C=O) groups is 2. The molecule has 0 N–H and O–H groups in total. The molecule has 4 nitrogen and oxygen atoms in total. The second kappa shape index (κ2) is 4.23. The van der Waals surface area contributed by atoms with Crippen molar-refractivity contribution in [1.82, 2.24) is 4.90 Å². The van der Waals surface area contributed by atoms with Crippen LogP contribution in [0.2, 0.25) is 0 Å². The van der Waals surface area contributed by atoms with E-state index >= 15 is 0 Å². The van der Waals surface area contributed by atoms with Crippen molar-refractivity contribution in [3.8, 4) is 0 Å². The van der Waals surface area contributed by atoms with Crippen LogP contribution in [-0.2, 0) is 14.3 Å². The monoisotopic (exact) mass is 247 g/mol. The van der Waals surface area contributed by atoms with E-state index in [-0.39, 0.29) is 6.42 Å². The van der Waals surface area contributed by atoms with Gasteiger partial charge in [-0.25, -0.2) is 8.78 Å². The zero-order chi connectivity index (χ0) is 12.6. The van der Waals surface area contributed by atoms with Gasteiger partial charge in [-0.2, -0.15) is 0 Å². The average molecular weight is 247 g/mol. The van der Waals surface area contributed by atoms with E-state index in [1.165, 1.54) is 4.90 Å². The lowest BCUT2D eigenvalue weighted by molar-refractivity contribution is -0.161. The molecule has 1 aliphatic heterocycles. The molecule has 1 saturated carbocycles. The van der Waals surface area contributed by atoms with Crippen LogP contribution < -0.4 is 0 Å². The van der Waals surface area contributed by atoms with E-state index in [2.05, 4.69) is 0 Å². The third-order valence-corrected chi connectivity index (χ3v) is 3.19. The fourth-order valence-electron chi connectivity index (χ4n) is 2.16. The molecule has 0 aromatic heterocycles. The summed E-state index contributed by atoms with van der Waals surface area (Å²) in [5.74, 6) is -5.17. The summed E-state index contributed by atoms with van der Waals surface area (Å²) in [5, 5.41) is 0. The maximum absolute atomic E-state index is 13.0. The number of carbonyl (C=O) groups excluding carboxylic acids is 2. The lowest BCUT2D eigenvalue weighted by atomic mass is 10.2. The molecule has 2 aliphatic rings. The number of nitrogens with zero attached hydrogens (tertiary/aromatic N) is 1. The van der Waals surface area contributed by atoms with Gasteiger partial charge in [0.05, 0.1) is 5.92 Å². The average Bonchev–Trinajstić information content (AvgIpc) is 2.70. The van der Waals surface area contributed by atoms with Crippen LogP contribution in [0.3, 0.4) is 0 Å². The number of hydrogen-bond donors (Lipinski definition) is 0.